The Morgan fingerprint density at radius 1 is 0.962 bits per heavy atom. The molecular weight excluding hydrogens is 326 g/mol. The first-order valence-electron chi connectivity index (χ1n) is 10.8. The van der Waals surface area contributed by atoms with Crippen LogP contribution in [0.2, 0.25) is 0 Å². The van der Waals surface area contributed by atoms with E-state index in [1.165, 1.54) is 26.1 Å². The van der Waals surface area contributed by atoms with Gasteiger partial charge in [0.1, 0.15) is 5.78 Å². The van der Waals surface area contributed by atoms with E-state index in [2.05, 4.69) is 15.1 Å². The molecule has 0 aromatic carbocycles. The predicted molar refractivity (Wildman–Crippen MR) is 104 cm³/mol. The molecule has 0 unspecified atom stereocenters. The molecule has 5 heteroatoms. The molecule has 5 nitrogen and oxygen atoms in total. The minimum absolute atomic E-state index is 0.0999. The van der Waals surface area contributed by atoms with E-state index in [1.807, 2.05) is 13.8 Å². The highest BCUT2D eigenvalue weighted by Crippen LogP contribution is 2.74. The van der Waals surface area contributed by atoms with Gasteiger partial charge in [0, 0.05) is 44.7 Å². The van der Waals surface area contributed by atoms with Crippen molar-refractivity contribution in [2.24, 2.45) is 16.7 Å². The Bertz CT molecular complexity index is 500. The number of amides is 1. The molecule has 2 aliphatic heterocycles. The molecule has 2 bridgehead atoms. The van der Waals surface area contributed by atoms with Crippen molar-refractivity contribution >= 4 is 11.7 Å². The van der Waals surface area contributed by atoms with Crippen LogP contribution in [0.15, 0.2) is 0 Å². The highest BCUT2D eigenvalue weighted by molar-refractivity contribution is 5.95. The van der Waals surface area contributed by atoms with Gasteiger partial charge in [-0.15, -0.1) is 0 Å². The van der Waals surface area contributed by atoms with Gasteiger partial charge >= 0.3 is 0 Å². The van der Waals surface area contributed by atoms with Crippen molar-refractivity contribution in [3.05, 3.63) is 0 Å². The number of hydrogen-bond acceptors (Lipinski definition) is 4. The van der Waals surface area contributed by atoms with Crippen molar-refractivity contribution in [3.63, 3.8) is 0 Å². The molecule has 5 aliphatic rings. The molecular formula is C21H37N3O2. The van der Waals surface area contributed by atoms with E-state index in [0.29, 0.717) is 11.7 Å². The smallest absolute Gasteiger partial charge is 0.228 e. The van der Waals surface area contributed by atoms with Gasteiger partial charge in [-0.2, -0.15) is 0 Å². The Kier molecular flexibility index (Phi) is 6.07. The van der Waals surface area contributed by atoms with E-state index in [1.54, 1.807) is 6.92 Å². The van der Waals surface area contributed by atoms with Crippen LogP contribution in [0, 0.1) is 16.7 Å². The zero-order valence-electron chi connectivity index (χ0n) is 17.0. The summed E-state index contributed by atoms with van der Waals surface area (Å²) < 4.78 is 0. The van der Waals surface area contributed by atoms with Crippen molar-refractivity contribution in [1.29, 1.82) is 0 Å². The van der Waals surface area contributed by atoms with E-state index in [9.17, 15) is 9.59 Å². The number of likely N-dealkylation sites (tertiary alicyclic amines) is 1. The topological polar surface area (TPSA) is 52.7 Å². The Morgan fingerprint density at radius 2 is 1.54 bits per heavy atom. The molecule has 1 amide bonds. The van der Waals surface area contributed by atoms with Crippen LogP contribution in [0.25, 0.3) is 0 Å². The van der Waals surface area contributed by atoms with Gasteiger partial charge in [0.2, 0.25) is 5.91 Å². The number of carbonyl (C=O) groups is 2. The molecule has 3 aliphatic carbocycles. The summed E-state index contributed by atoms with van der Waals surface area (Å²) in [6.45, 7) is 13.4. The molecule has 0 spiro atoms. The van der Waals surface area contributed by atoms with Gasteiger partial charge in [0.15, 0.2) is 0 Å². The van der Waals surface area contributed by atoms with Gasteiger partial charge in [-0.3, -0.25) is 9.59 Å². The molecule has 2 saturated heterocycles. The zero-order chi connectivity index (χ0) is 18.8. The van der Waals surface area contributed by atoms with Crippen LogP contribution in [0.1, 0.15) is 59.3 Å². The molecule has 0 radical (unpaired) electrons. The number of rotatable bonds is 5. The molecule has 3 saturated carbocycles. The molecule has 0 atom stereocenters. The van der Waals surface area contributed by atoms with E-state index in [0.717, 1.165) is 64.2 Å². The maximum atomic E-state index is 12.8. The lowest BCUT2D eigenvalue weighted by molar-refractivity contribution is -0.213. The largest absolute Gasteiger partial charge is 0.342 e. The van der Waals surface area contributed by atoms with Crippen LogP contribution in [0.5, 0.6) is 0 Å². The number of nitrogens with zero attached hydrogens (tertiary/aromatic N) is 2. The highest BCUT2D eigenvalue weighted by atomic mass is 16.2. The van der Waals surface area contributed by atoms with Crippen LogP contribution >= 0.6 is 0 Å². The third kappa shape index (κ3) is 3.57. The van der Waals surface area contributed by atoms with Crippen LogP contribution in [-0.2, 0) is 9.59 Å². The second-order valence-corrected chi connectivity index (χ2v) is 8.76. The Balaban J connectivity index is 0.000000948. The Morgan fingerprint density at radius 3 is 2.08 bits per heavy atom. The maximum absolute atomic E-state index is 12.8. The second-order valence-electron chi connectivity index (χ2n) is 8.76. The summed E-state index contributed by atoms with van der Waals surface area (Å²) in [5, 5.41) is 3.40. The molecule has 5 fully saturated rings. The minimum Gasteiger partial charge on any atom is -0.342 e. The standard InChI is InChI=1S/C19H31N3O2.C2H6/c1-15(23)18-12-19(13-18,14-18)17(24)22-8-3-16(4-9-22)2-7-21-10-5-20-6-11-21;1-2/h16,20H,2-14H2,1H3;1-2H3. The highest BCUT2D eigenvalue weighted by Gasteiger charge is 2.74. The van der Waals surface area contributed by atoms with Crippen molar-refractivity contribution < 1.29 is 9.59 Å². The van der Waals surface area contributed by atoms with Gasteiger partial charge < -0.3 is 15.1 Å². The fourth-order valence-corrected chi connectivity index (χ4v) is 5.45. The van der Waals surface area contributed by atoms with Crippen molar-refractivity contribution in [2.75, 3.05) is 45.8 Å². The Labute approximate surface area is 158 Å². The summed E-state index contributed by atoms with van der Waals surface area (Å²) in [6, 6.07) is 0. The number of piperazine rings is 1. The number of piperidine rings is 1. The summed E-state index contributed by atoms with van der Waals surface area (Å²) in [5.41, 5.74) is -0.239. The first-order chi connectivity index (χ1) is 12.5. The first-order valence-corrected chi connectivity index (χ1v) is 10.8. The first kappa shape index (κ1) is 19.8. The van der Waals surface area contributed by atoms with E-state index < -0.39 is 0 Å². The SMILES string of the molecule is CC.CC(=O)C12CC(C(=O)N3CCC(CCN4CCNCC4)CC3)(C1)C2. The van der Waals surface area contributed by atoms with Crippen LogP contribution in [0.3, 0.4) is 0 Å². The fourth-order valence-electron chi connectivity index (χ4n) is 5.45. The molecule has 2 heterocycles. The number of nitrogens with one attached hydrogen (secondary N) is 1. The van der Waals surface area contributed by atoms with Crippen molar-refractivity contribution in [1.82, 2.24) is 15.1 Å². The average molecular weight is 364 g/mol. The minimum atomic E-state index is -0.140. The lowest BCUT2D eigenvalue weighted by Gasteiger charge is -2.68. The lowest BCUT2D eigenvalue weighted by Crippen LogP contribution is -2.70. The van der Waals surface area contributed by atoms with E-state index in [4.69, 9.17) is 0 Å². The van der Waals surface area contributed by atoms with E-state index in [-0.39, 0.29) is 10.8 Å². The Hall–Kier alpha value is -0.940. The summed E-state index contributed by atoms with van der Waals surface area (Å²) >= 11 is 0. The van der Waals surface area contributed by atoms with Crippen molar-refractivity contribution in [2.45, 2.75) is 59.3 Å². The average Bonchev–Trinajstić information content (AvgIpc) is 2.60. The molecule has 5 rings (SSSR count). The maximum Gasteiger partial charge on any atom is 0.228 e. The van der Waals surface area contributed by atoms with Crippen LogP contribution in [0.4, 0.5) is 0 Å². The summed E-state index contributed by atoms with van der Waals surface area (Å²) in [5.74, 6) is 1.43. The van der Waals surface area contributed by atoms with Gasteiger partial charge in [-0.25, -0.2) is 0 Å². The van der Waals surface area contributed by atoms with E-state index >= 15 is 0 Å². The lowest BCUT2D eigenvalue weighted by atomic mass is 9.33. The van der Waals surface area contributed by atoms with Crippen LogP contribution < -0.4 is 5.32 Å². The summed E-state index contributed by atoms with van der Waals surface area (Å²) in [6.07, 6.45) is 6.09. The predicted octanol–water partition coefficient (Wildman–Crippen LogP) is 2.31. The monoisotopic (exact) mass is 363 g/mol. The molecule has 1 N–H and O–H groups in total. The normalized spacial score (nSPS) is 34.2. The number of carbonyl (C=O) groups excluding carboxylic acids is 2. The molecule has 0 aromatic rings. The molecule has 0 aromatic heterocycles. The van der Waals surface area contributed by atoms with Gasteiger partial charge in [0.25, 0.3) is 0 Å². The second kappa shape index (κ2) is 7.97. The fraction of sp³-hybridized carbons (Fsp3) is 0.905. The van der Waals surface area contributed by atoms with Gasteiger partial charge in [-0.05, 0) is 57.9 Å². The third-order valence-corrected chi connectivity index (χ3v) is 7.20. The van der Waals surface area contributed by atoms with Gasteiger partial charge in [-0.1, -0.05) is 13.8 Å². The van der Waals surface area contributed by atoms with Crippen LogP contribution in [-0.4, -0.2) is 67.3 Å². The number of ketones is 1. The molecule has 148 valence electrons. The van der Waals surface area contributed by atoms with Crippen molar-refractivity contribution in [3.8, 4) is 0 Å². The summed E-state index contributed by atoms with van der Waals surface area (Å²) in [4.78, 5) is 29.1. The number of hydrogen-bond donors (Lipinski definition) is 1. The third-order valence-electron chi connectivity index (χ3n) is 7.20. The zero-order valence-corrected chi connectivity index (χ0v) is 17.0. The number of Topliss-reactive ketones (excluding diaryl/α,β-unsaturated/α-hetero) is 1. The molecule has 26 heavy (non-hydrogen) atoms. The van der Waals surface area contributed by atoms with Gasteiger partial charge in [0.05, 0.1) is 5.41 Å². The summed E-state index contributed by atoms with van der Waals surface area (Å²) in [7, 11) is 0. The quantitative estimate of drug-likeness (QED) is 0.814.